The summed E-state index contributed by atoms with van der Waals surface area (Å²) in [5.41, 5.74) is -0.745. The molecule has 1 N–H and O–H groups in total. The van der Waals surface area contributed by atoms with Gasteiger partial charge in [0.25, 0.3) is 5.91 Å². The predicted molar refractivity (Wildman–Crippen MR) is 81.1 cm³/mol. The molecule has 0 atom stereocenters. The van der Waals surface area contributed by atoms with E-state index in [1.807, 2.05) is 0 Å². The lowest BCUT2D eigenvalue weighted by molar-refractivity contribution is -0.137. The van der Waals surface area contributed by atoms with Crippen LogP contribution in [0.4, 0.5) is 13.2 Å². The van der Waals surface area contributed by atoms with Crippen LogP contribution in [0.15, 0.2) is 41.8 Å². The SMILES string of the molecule is CC(C)(CNC(=O)c1cccs1)c1cccc(C(F)(F)F)c1. The molecule has 2 nitrogen and oxygen atoms in total. The summed E-state index contributed by atoms with van der Waals surface area (Å²) in [7, 11) is 0. The van der Waals surface area contributed by atoms with E-state index < -0.39 is 17.2 Å². The number of hydrogen-bond donors (Lipinski definition) is 1. The minimum absolute atomic E-state index is 0.213. The highest BCUT2D eigenvalue weighted by molar-refractivity contribution is 7.12. The normalized spacial score (nSPS) is 12.2. The highest BCUT2D eigenvalue weighted by atomic mass is 32.1. The molecule has 0 radical (unpaired) electrons. The summed E-state index contributed by atoms with van der Waals surface area (Å²) in [6.45, 7) is 3.86. The van der Waals surface area contributed by atoms with Gasteiger partial charge in [-0.15, -0.1) is 11.3 Å². The van der Waals surface area contributed by atoms with Crippen LogP contribution < -0.4 is 5.32 Å². The molecule has 1 aromatic heterocycles. The van der Waals surface area contributed by atoms with E-state index in [1.54, 1.807) is 37.4 Å². The van der Waals surface area contributed by atoms with Crippen molar-refractivity contribution in [3.8, 4) is 0 Å². The van der Waals surface area contributed by atoms with Crippen LogP contribution >= 0.6 is 11.3 Å². The highest BCUT2D eigenvalue weighted by Crippen LogP contribution is 2.32. The lowest BCUT2D eigenvalue weighted by atomic mass is 9.83. The van der Waals surface area contributed by atoms with Gasteiger partial charge in [-0.05, 0) is 23.1 Å². The summed E-state index contributed by atoms with van der Waals surface area (Å²) in [6.07, 6.45) is -4.37. The van der Waals surface area contributed by atoms with Crippen molar-refractivity contribution in [1.29, 1.82) is 0 Å². The van der Waals surface area contributed by atoms with Crippen molar-refractivity contribution in [2.45, 2.75) is 25.4 Å². The topological polar surface area (TPSA) is 29.1 Å². The summed E-state index contributed by atoms with van der Waals surface area (Å²) in [4.78, 5) is 12.5. The van der Waals surface area contributed by atoms with Crippen LogP contribution in [0.2, 0.25) is 0 Å². The number of thiophene rings is 1. The van der Waals surface area contributed by atoms with Crippen LogP contribution in [-0.2, 0) is 11.6 Å². The molecule has 2 rings (SSSR count). The Bertz CT molecular complexity index is 648. The first-order valence-corrected chi connectivity index (χ1v) is 7.57. The van der Waals surface area contributed by atoms with Gasteiger partial charge in [0.1, 0.15) is 0 Å². The maximum atomic E-state index is 12.8. The van der Waals surface area contributed by atoms with Gasteiger partial charge in [-0.2, -0.15) is 13.2 Å². The lowest BCUT2D eigenvalue weighted by Crippen LogP contribution is -2.36. The van der Waals surface area contributed by atoms with E-state index in [2.05, 4.69) is 5.32 Å². The molecule has 0 bridgehead atoms. The summed E-state index contributed by atoms with van der Waals surface area (Å²) < 4.78 is 38.4. The van der Waals surface area contributed by atoms with E-state index >= 15 is 0 Å². The quantitative estimate of drug-likeness (QED) is 0.882. The van der Waals surface area contributed by atoms with Crippen molar-refractivity contribution in [1.82, 2.24) is 5.32 Å². The first kappa shape index (κ1) is 16.5. The summed E-state index contributed by atoms with van der Waals surface area (Å²) in [5.74, 6) is -0.213. The van der Waals surface area contributed by atoms with Crippen molar-refractivity contribution < 1.29 is 18.0 Å². The first-order chi connectivity index (χ1) is 10.2. The molecule has 2 aromatic rings. The van der Waals surface area contributed by atoms with Crippen molar-refractivity contribution >= 4 is 17.2 Å². The van der Waals surface area contributed by atoms with E-state index in [9.17, 15) is 18.0 Å². The summed E-state index contributed by atoms with van der Waals surface area (Å²) in [6, 6.07) is 8.70. The maximum absolute atomic E-state index is 12.8. The van der Waals surface area contributed by atoms with Gasteiger partial charge in [0.15, 0.2) is 0 Å². The Morgan fingerprint density at radius 3 is 2.41 bits per heavy atom. The summed E-state index contributed by atoms with van der Waals surface area (Å²) >= 11 is 1.32. The summed E-state index contributed by atoms with van der Waals surface area (Å²) in [5, 5.41) is 4.57. The Hall–Kier alpha value is -1.82. The Balaban J connectivity index is 2.11. The molecule has 0 aliphatic rings. The van der Waals surface area contributed by atoms with Gasteiger partial charge < -0.3 is 5.32 Å². The molecule has 22 heavy (non-hydrogen) atoms. The molecule has 1 heterocycles. The van der Waals surface area contributed by atoms with Crippen LogP contribution in [0.1, 0.15) is 34.6 Å². The van der Waals surface area contributed by atoms with Crippen molar-refractivity contribution in [2.75, 3.05) is 6.54 Å². The molecule has 0 unspecified atom stereocenters. The minimum Gasteiger partial charge on any atom is -0.350 e. The smallest absolute Gasteiger partial charge is 0.350 e. The fourth-order valence-electron chi connectivity index (χ4n) is 2.01. The van der Waals surface area contributed by atoms with Crippen LogP contribution in [0.3, 0.4) is 0 Å². The van der Waals surface area contributed by atoms with Crippen LogP contribution in [0, 0.1) is 0 Å². The third-order valence-electron chi connectivity index (χ3n) is 3.41. The number of halogens is 3. The highest BCUT2D eigenvalue weighted by Gasteiger charge is 2.32. The van der Waals surface area contributed by atoms with Gasteiger partial charge in [-0.25, -0.2) is 0 Å². The van der Waals surface area contributed by atoms with E-state index in [-0.39, 0.29) is 12.5 Å². The molecule has 0 fully saturated rings. The second kappa shape index (κ2) is 6.12. The van der Waals surface area contributed by atoms with Gasteiger partial charge in [-0.3, -0.25) is 4.79 Å². The van der Waals surface area contributed by atoms with Gasteiger partial charge in [0.05, 0.1) is 10.4 Å². The van der Waals surface area contributed by atoms with E-state index in [0.29, 0.717) is 10.4 Å². The molecular formula is C16H16F3NOS. The number of alkyl halides is 3. The van der Waals surface area contributed by atoms with E-state index in [1.165, 1.54) is 17.4 Å². The van der Waals surface area contributed by atoms with Gasteiger partial charge in [0, 0.05) is 12.0 Å². The van der Waals surface area contributed by atoms with Gasteiger partial charge >= 0.3 is 6.18 Å². The van der Waals surface area contributed by atoms with Crippen molar-refractivity contribution in [3.05, 3.63) is 57.8 Å². The lowest BCUT2D eigenvalue weighted by Gasteiger charge is -2.26. The monoisotopic (exact) mass is 327 g/mol. The number of nitrogens with one attached hydrogen (secondary N) is 1. The Morgan fingerprint density at radius 1 is 1.14 bits per heavy atom. The van der Waals surface area contributed by atoms with E-state index in [0.717, 1.165) is 12.1 Å². The standard InChI is InChI=1S/C16H16F3NOS/c1-15(2,10-20-14(21)13-7-4-8-22-13)11-5-3-6-12(9-11)16(17,18)19/h3-9H,10H2,1-2H3,(H,20,21). The number of amides is 1. The molecule has 6 heteroatoms. The number of rotatable bonds is 4. The van der Waals surface area contributed by atoms with Crippen LogP contribution in [-0.4, -0.2) is 12.5 Å². The van der Waals surface area contributed by atoms with Crippen molar-refractivity contribution in [2.24, 2.45) is 0 Å². The predicted octanol–water partition coefficient (Wildman–Crippen LogP) is 4.47. The third-order valence-corrected chi connectivity index (χ3v) is 4.28. The Labute approximate surface area is 131 Å². The Morgan fingerprint density at radius 2 is 1.82 bits per heavy atom. The third kappa shape index (κ3) is 3.88. The van der Waals surface area contributed by atoms with Gasteiger partial charge in [0.2, 0.25) is 0 Å². The largest absolute Gasteiger partial charge is 0.416 e. The molecule has 0 saturated heterocycles. The van der Waals surface area contributed by atoms with Crippen LogP contribution in [0.5, 0.6) is 0 Å². The zero-order valence-corrected chi connectivity index (χ0v) is 13.0. The molecule has 0 aliphatic heterocycles. The van der Waals surface area contributed by atoms with Crippen LogP contribution in [0.25, 0.3) is 0 Å². The molecule has 0 saturated carbocycles. The zero-order valence-electron chi connectivity index (χ0n) is 12.2. The average molecular weight is 327 g/mol. The Kier molecular flexibility index (Phi) is 4.60. The minimum atomic E-state index is -4.37. The molecule has 0 spiro atoms. The second-order valence-electron chi connectivity index (χ2n) is 5.62. The molecule has 0 aliphatic carbocycles. The first-order valence-electron chi connectivity index (χ1n) is 6.69. The number of carbonyl (C=O) groups is 1. The fraction of sp³-hybridized carbons (Fsp3) is 0.312. The van der Waals surface area contributed by atoms with Gasteiger partial charge in [-0.1, -0.05) is 38.1 Å². The zero-order chi connectivity index (χ0) is 16.4. The molecule has 118 valence electrons. The molecular weight excluding hydrogens is 311 g/mol. The second-order valence-corrected chi connectivity index (χ2v) is 6.57. The average Bonchev–Trinajstić information content (AvgIpc) is 2.98. The number of hydrogen-bond acceptors (Lipinski definition) is 2. The number of carbonyl (C=O) groups excluding carboxylic acids is 1. The maximum Gasteiger partial charge on any atom is 0.416 e. The molecule has 1 amide bonds. The molecule has 1 aromatic carbocycles. The van der Waals surface area contributed by atoms with E-state index in [4.69, 9.17) is 0 Å². The fourth-order valence-corrected chi connectivity index (χ4v) is 2.65. The van der Waals surface area contributed by atoms with Crippen molar-refractivity contribution in [3.63, 3.8) is 0 Å². The number of benzene rings is 1.